The van der Waals surface area contributed by atoms with Crippen molar-refractivity contribution in [3.63, 3.8) is 0 Å². The van der Waals surface area contributed by atoms with E-state index in [4.69, 9.17) is 37.9 Å². The zero-order valence-electron chi connectivity index (χ0n) is 38.8. The standard InChI is InChI=1S/C12H20O4.2C11H18O4.C10H16O4/c1-6-11(2,3)10(14)15-8-7-12(4,5)16-9(8)13;1-5-11(3,4)10(13)15-8-6-7(2)14-9(8)12;1-5-7(2)9(12)14-8-6-11(3,4)15-10(8)13;1-4-6(2)9(11)14-8-5-7(3)13-10(8)12/h8H,6-7H2,1-5H3;2*7-8H,5-6H2,1-4H3;6-8H,4-5H2,1-3H3. The van der Waals surface area contributed by atoms with Gasteiger partial charge in [-0.1, -0.05) is 41.5 Å². The SMILES string of the molecule is CCC(C)(C)C(=O)OC1CC(C)(C)OC1=O.CCC(C)(C)C(=O)OC1CC(C)OC1=O.CCC(C)C(=O)OC1CC(C)(C)OC1=O.CCC(C)C(=O)OC1CC(C)OC1=O. The highest BCUT2D eigenvalue weighted by Crippen LogP contribution is 2.31. The second-order valence-corrected chi connectivity index (χ2v) is 18.5. The van der Waals surface area contributed by atoms with Gasteiger partial charge in [0, 0.05) is 25.7 Å². The number of hydrogen-bond donors (Lipinski definition) is 0. The zero-order chi connectivity index (χ0) is 46.6. The van der Waals surface area contributed by atoms with Crippen LogP contribution in [0.5, 0.6) is 0 Å². The Kier molecular flexibility index (Phi) is 20.2. The van der Waals surface area contributed by atoms with Crippen molar-refractivity contribution >= 4 is 47.8 Å². The summed E-state index contributed by atoms with van der Waals surface area (Å²) in [5, 5.41) is 0. The molecule has 0 aromatic rings. The van der Waals surface area contributed by atoms with Gasteiger partial charge in [0.05, 0.1) is 22.7 Å². The quantitative estimate of drug-likeness (QED) is 0.148. The van der Waals surface area contributed by atoms with Crippen LogP contribution >= 0.6 is 0 Å². The number of rotatable bonds is 12. The monoisotopic (exact) mass is 856 g/mol. The van der Waals surface area contributed by atoms with Gasteiger partial charge in [-0.05, 0) is 94.9 Å². The predicted octanol–water partition coefficient (Wildman–Crippen LogP) is 6.68. The minimum atomic E-state index is -0.742. The molecule has 8 atom stereocenters. The summed E-state index contributed by atoms with van der Waals surface area (Å²) in [5.74, 6) is -3.35. The number of esters is 8. The molecule has 344 valence electrons. The van der Waals surface area contributed by atoms with Crippen molar-refractivity contribution < 1.29 is 76.3 Å². The van der Waals surface area contributed by atoms with Crippen molar-refractivity contribution in [1.29, 1.82) is 0 Å². The van der Waals surface area contributed by atoms with Crippen LogP contribution in [0.25, 0.3) is 0 Å². The van der Waals surface area contributed by atoms with E-state index in [-0.39, 0.29) is 47.9 Å². The largest absolute Gasteiger partial charge is 0.460 e. The summed E-state index contributed by atoms with van der Waals surface area (Å²) in [5.41, 5.74) is -2.13. The van der Waals surface area contributed by atoms with Crippen molar-refractivity contribution in [2.24, 2.45) is 22.7 Å². The fraction of sp³-hybridized carbons (Fsp3) is 0.818. The highest BCUT2D eigenvalue weighted by atomic mass is 16.6. The first-order valence-electron chi connectivity index (χ1n) is 21.1. The summed E-state index contributed by atoms with van der Waals surface area (Å²) in [4.78, 5) is 91.4. The van der Waals surface area contributed by atoms with Gasteiger partial charge in [-0.3, -0.25) is 19.2 Å². The van der Waals surface area contributed by atoms with Gasteiger partial charge in [0.25, 0.3) is 0 Å². The van der Waals surface area contributed by atoms with Crippen LogP contribution in [-0.2, 0) is 76.3 Å². The summed E-state index contributed by atoms with van der Waals surface area (Å²) in [7, 11) is 0. The molecule has 0 bridgehead atoms. The van der Waals surface area contributed by atoms with Crippen molar-refractivity contribution in [3.05, 3.63) is 0 Å². The summed E-state index contributed by atoms with van der Waals surface area (Å²) in [6, 6.07) is 0. The summed E-state index contributed by atoms with van der Waals surface area (Å²) in [6.07, 6.45) is 1.44. The molecule has 4 aliphatic rings. The Morgan fingerprint density at radius 2 is 0.867 bits per heavy atom. The van der Waals surface area contributed by atoms with Crippen molar-refractivity contribution in [1.82, 2.24) is 0 Å². The minimum Gasteiger partial charge on any atom is -0.460 e. The molecule has 0 N–H and O–H groups in total. The Morgan fingerprint density at radius 1 is 0.567 bits per heavy atom. The van der Waals surface area contributed by atoms with E-state index in [1.54, 1.807) is 55.4 Å². The van der Waals surface area contributed by atoms with Crippen LogP contribution in [0, 0.1) is 22.7 Å². The second kappa shape index (κ2) is 22.6. The van der Waals surface area contributed by atoms with Gasteiger partial charge in [-0.15, -0.1) is 0 Å². The Bertz CT molecular complexity index is 1530. The fourth-order valence-electron chi connectivity index (χ4n) is 5.34. The van der Waals surface area contributed by atoms with Gasteiger partial charge in [-0.2, -0.15) is 0 Å². The van der Waals surface area contributed by atoms with E-state index in [0.29, 0.717) is 44.9 Å². The van der Waals surface area contributed by atoms with E-state index >= 15 is 0 Å². The Balaban J connectivity index is 0.000000400. The fourth-order valence-corrected chi connectivity index (χ4v) is 5.34. The smallest absolute Gasteiger partial charge is 0.348 e. The molecule has 4 aliphatic heterocycles. The molecular weight excluding hydrogens is 784 g/mol. The van der Waals surface area contributed by atoms with E-state index in [2.05, 4.69) is 0 Å². The molecule has 4 fully saturated rings. The lowest BCUT2D eigenvalue weighted by molar-refractivity contribution is -0.168. The first kappa shape index (κ1) is 53.8. The molecular formula is C44H72O16. The average molecular weight is 857 g/mol. The second-order valence-electron chi connectivity index (χ2n) is 18.5. The molecule has 0 spiro atoms. The third-order valence-electron chi connectivity index (χ3n) is 10.8. The third-order valence-corrected chi connectivity index (χ3v) is 10.8. The lowest BCUT2D eigenvalue weighted by Crippen LogP contribution is -2.32. The van der Waals surface area contributed by atoms with E-state index in [1.807, 2.05) is 55.4 Å². The Morgan fingerprint density at radius 3 is 1.13 bits per heavy atom. The van der Waals surface area contributed by atoms with Gasteiger partial charge >= 0.3 is 47.8 Å². The maximum atomic E-state index is 11.8. The number of ether oxygens (including phenoxy) is 8. The first-order chi connectivity index (χ1) is 27.4. The molecule has 16 heteroatoms. The van der Waals surface area contributed by atoms with E-state index in [1.165, 1.54) is 0 Å². The van der Waals surface area contributed by atoms with Crippen LogP contribution in [0.4, 0.5) is 0 Å². The average Bonchev–Trinajstić information content (AvgIpc) is 3.82. The summed E-state index contributed by atoms with van der Waals surface area (Å²) in [6.45, 7) is 29.2. The molecule has 4 rings (SSSR count). The number of hydrogen-bond acceptors (Lipinski definition) is 16. The van der Waals surface area contributed by atoms with E-state index in [9.17, 15) is 38.4 Å². The maximum absolute atomic E-state index is 11.8. The van der Waals surface area contributed by atoms with Gasteiger partial charge in [0.15, 0.2) is 0 Å². The zero-order valence-corrected chi connectivity index (χ0v) is 38.8. The molecule has 0 aromatic carbocycles. The van der Waals surface area contributed by atoms with E-state index < -0.39 is 70.3 Å². The lowest BCUT2D eigenvalue weighted by Gasteiger charge is -2.22. The van der Waals surface area contributed by atoms with Crippen LogP contribution < -0.4 is 0 Å². The molecule has 0 amide bonds. The molecule has 0 radical (unpaired) electrons. The van der Waals surface area contributed by atoms with Crippen LogP contribution in [0.1, 0.15) is 162 Å². The molecule has 4 saturated heterocycles. The van der Waals surface area contributed by atoms with Crippen LogP contribution in [-0.4, -0.2) is 95.6 Å². The van der Waals surface area contributed by atoms with Gasteiger partial charge in [-0.25, -0.2) is 19.2 Å². The Hall–Kier alpha value is -4.24. The molecule has 60 heavy (non-hydrogen) atoms. The summed E-state index contributed by atoms with van der Waals surface area (Å²) >= 11 is 0. The highest BCUT2D eigenvalue weighted by Gasteiger charge is 2.45. The van der Waals surface area contributed by atoms with Gasteiger partial charge < -0.3 is 37.9 Å². The number of carbonyl (C=O) groups excluding carboxylic acids is 8. The molecule has 0 saturated carbocycles. The van der Waals surface area contributed by atoms with Crippen molar-refractivity contribution in [3.8, 4) is 0 Å². The normalized spacial score (nSPS) is 26.1. The Labute approximate surface area is 356 Å². The molecule has 0 aromatic heterocycles. The molecule has 16 nitrogen and oxygen atoms in total. The van der Waals surface area contributed by atoms with Crippen molar-refractivity contribution in [2.75, 3.05) is 0 Å². The van der Waals surface area contributed by atoms with Gasteiger partial charge in [0.1, 0.15) is 23.4 Å². The van der Waals surface area contributed by atoms with Gasteiger partial charge in [0.2, 0.25) is 24.4 Å². The lowest BCUT2D eigenvalue weighted by atomic mass is 9.90. The first-order valence-corrected chi connectivity index (χ1v) is 21.1. The third kappa shape index (κ3) is 17.0. The van der Waals surface area contributed by atoms with Crippen LogP contribution in [0.15, 0.2) is 0 Å². The highest BCUT2D eigenvalue weighted by molar-refractivity contribution is 5.84. The molecule has 4 heterocycles. The minimum absolute atomic E-state index is 0.141. The van der Waals surface area contributed by atoms with Crippen LogP contribution in [0.2, 0.25) is 0 Å². The van der Waals surface area contributed by atoms with E-state index in [0.717, 1.165) is 6.42 Å². The topological polar surface area (TPSA) is 210 Å². The number of carbonyl (C=O) groups is 8. The maximum Gasteiger partial charge on any atom is 0.348 e. The molecule has 8 unspecified atom stereocenters. The predicted molar refractivity (Wildman–Crippen MR) is 216 cm³/mol. The summed E-state index contributed by atoms with van der Waals surface area (Å²) < 4.78 is 40.4. The molecule has 0 aliphatic carbocycles. The number of cyclic esters (lactones) is 4. The van der Waals surface area contributed by atoms with Crippen molar-refractivity contribution in [2.45, 2.75) is 210 Å². The van der Waals surface area contributed by atoms with Crippen LogP contribution in [0.3, 0.4) is 0 Å².